The van der Waals surface area contributed by atoms with Gasteiger partial charge in [-0.3, -0.25) is 4.79 Å². The van der Waals surface area contributed by atoms with Crippen molar-refractivity contribution < 1.29 is 22.7 Å². The van der Waals surface area contributed by atoms with Gasteiger partial charge in [-0.25, -0.2) is 12.7 Å². The first kappa shape index (κ1) is 23.1. The van der Waals surface area contributed by atoms with Crippen molar-refractivity contribution in [2.75, 3.05) is 26.3 Å². The smallest absolute Gasteiger partial charge is 0.223 e. The van der Waals surface area contributed by atoms with Crippen LogP contribution in [0.4, 0.5) is 0 Å². The summed E-state index contributed by atoms with van der Waals surface area (Å²) >= 11 is 3.38. The Hall–Kier alpha value is -2.10. The van der Waals surface area contributed by atoms with Crippen molar-refractivity contribution >= 4 is 31.9 Å². The molecular formula is C23H27BrN2O5S. The molecule has 0 saturated carbocycles. The lowest BCUT2D eigenvalue weighted by Crippen LogP contribution is -2.43. The maximum absolute atomic E-state index is 12.8. The Bertz CT molecular complexity index is 1080. The molecule has 2 heterocycles. The van der Waals surface area contributed by atoms with Crippen molar-refractivity contribution in [3.05, 3.63) is 58.1 Å². The first-order valence-corrected chi connectivity index (χ1v) is 13.1. The van der Waals surface area contributed by atoms with Crippen molar-refractivity contribution in [3.8, 4) is 11.5 Å². The lowest BCUT2D eigenvalue weighted by Gasteiger charge is -2.31. The van der Waals surface area contributed by atoms with E-state index >= 15 is 0 Å². The SMILES string of the molecule is C[C@@H](NC(=O)C1CCN(S(=O)(=O)Cc2cccc(Br)c2)CC1)c1ccc2c(c1)OCCO2. The van der Waals surface area contributed by atoms with Crippen LogP contribution in [0.1, 0.15) is 36.9 Å². The van der Waals surface area contributed by atoms with Gasteiger partial charge in [0, 0.05) is 23.5 Å². The fraction of sp³-hybridized carbons (Fsp3) is 0.435. The third kappa shape index (κ3) is 5.44. The summed E-state index contributed by atoms with van der Waals surface area (Å²) in [6, 6.07) is 12.8. The molecule has 0 aliphatic carbocycles. The predicted octanol–water partition coefficient (Wildman–Crippen LogP) is 3.64. The number of ether oxygens (including phenoxy) is 2. The highest BCUT2D eigenvalue weighted by molar-refractivity contribution is 9.10. The Balaban J connectivity index is 1.31. The third-order valence-corrected chi connectivity index (χ3v) is 8.22. The minimum atomic E-state index is -3.42. The van der Waals surface area contributed by atoms with Gasteiger partial charge in [-0.05, 0) is 55.2 Å². The van der Waals surface area contributed by atoms with E-state index in [0.29, 0.717) is 44.9 Å². The van der Waals surface area contributed by atoms with Crippen molar-refractivity contribution in [2.45, 2.75) is 31.6 Å². The van der Waals surface area contributed by atoms with E-state index in [9.17, 15) is 13.2 Å². The Morgan fingerprint density at radius 3 is 2.56 bits per heavy atom. The lowest BCUT2D eigenvalue weighted by atomic mass is 9.96. The molecule has 1 fully saturated rings. The Labute approximate surface area is 197 Å². The number of hydrogen-bond acceptors (Lipinski definition) is 5. The molecule has 0 unspecified atom stereocenters. The summed E-state index contributed by atoms with van der Waals surface area (Å²) in [6.07, 6.45) is 1.02. The molecule has 0 radical (unpaired) electrons. The fourth-order valence-electron chi connectivity index (χ4n) is 4.07. The molecule has 1 atom stereocenters. The number of rotatable bonds is 6. The summed E-state index contributed by atoms with van der Waals surface area (Å²) in [6.45, 7) is 3.69. The summed E-state index contributed by atoms with van der Waals surface area (Å²) in [7, 11) is -3.42. The monoisotopic (exact) mass is 522 g/mol. The number of sulfonamides is 1. The van der Waals surface area contributed by atoms with E-state index < -0.39 is 10.0 Å². The van der Waals surface area contributed by atoms with Gasteiger partial charge in [0.1, 0.15) is 13.2 Å². The van der Waals surface area contributed by atoms with E-state index in [1.54, 1.807) is 0 Å². The number of amides is 1. The fourth-order valence-corrected chi connectivity index (χ4v) is 6.07. The van der Waals surface area contributed by atoms with Crippen molar-refractivity contribution in [1.29, 1.82) is 0 Å². The van der Waals surface area contributed by atoms with Crippen LogP contribution < -0.4 is 14.8 Å². The second kappa shape index (κ2) is 9.80. The zero-order valence-electron chi connectivity index (χ0n) is 17.9. The number of nitrogens with one attached hydrogen (secondary N) is 1. The number of halogens is 1. The molecule has 2 aliphatic rings. The van der Waals surface area contributed by atoms with Crippen molar-refractivity contribution in [2.24, 2.45) is 5.92 Å². The molecule has 32 heavy (non-hydrogen) atoms. The predicted molar refractivity (Wildman–Crippen MR) is 125 cm³/mol. The van der Waals surface area contributed by atoms with Gasteiger partial charge in [0.15, 0.2) is 11.5 Å². The van der Waals surface area contributed by atoms with Gasteiger partial charge in [0.25, 0.3) is 0 Å². The topological polar surface area (TPSA) is 84.9 Å². The molecule has 2 aliphatic heterocycles. The average Bonchev–Trinajstić information content (AvgIpc) is 2.78. The first-order chi connectivity index (χ1) is 15.3. The highest BCUT2D eigenvalue weighted by Crippen LogP contribution is 2.33. The number of carbonyl (C=O) groups is 1. The van der Waals surface area contributed by atoms with Crippen LogP contribution >= 0.6 is 15.9 Å². The minimum absolute atomic E-state index is 0.0373. The molecule has 2 aromatic carbocycles. The molecule has 9 heteroatoms. The van der Waals surface area contributed by atoms with Crippen LogP contribution in [0, 0.1) is 5.92 Å². The van der Waals surface area contributed by atoms with Gasteiger partial charge < -0.3 is 14.8 Å². The Morgan fingerprint density at radius 1 is 1.12 bits per heavy atom. The highest BCUT2D eigenvalue weighted by atomic mass is 79.9. The molecule has 7 nitrogen and oxygen atoms in total. The summed E-state index contributed by atoms with van der Waals surface area (Å²) < 4.78 is 39.2. The molecule has 1 amide bonds. The second-order valence-electron chi connectivity index (χ2n) is 8.19. The molecule has 172 valence electrons. The quantitative estimate of drug-likeness (QED) is 0.625. The lowest BCUT2D eigenvalue weighted by molar-refractivity contribution is -0.126. The van der Waals surface area contributed by atoms with Gasteiger partial charge in [0.05, 0.1) is 11.8 Å². The van der Waals surface area contributed by atoms with Crippen LogP contribution in [-0.2, 0) is 20.6 Å². The number of nitrogens with zero attached hydrogens (tertiary/aromatic N) is 1. The maximum Gasteiger partial charge on any atom is 0.223 e. The molecule has 1 N–H and O–H groups in total. The van der Waals surface area contributed by atoms with E-state index in [1.165, 1.54) is 4.31 Å². The highest BCUT2D eigenvalue weighted by Gasteiger charge is 2.31. The Morgan fingerprint density at radius 2 is 1.84 bits per heavy atom. The molecule has 1 saturated heterocycles. The molecule has 0 bridgehead atoms. The number of carbonyl (C=O) groups excluding carboxylic acids is 1. The minimum Gasteiger partial charge on any atom is -0.486 e. The summed E-state index contributed by atoms with van der Waals surface area (Å²) in [5, 5.41) is 3.06. The van der Waals surface area contributed by atoms with E-state index in [1.807, 2.05) is 49.4 Å². The Kier molecular flexibility index (Phi) is 7.07. The van der Waals surface area contributed by atoms with E-state index in [-0.39, 0.29) is 23.6 Å². The summed E-state index contributed by atoms with van der Waals surface area (Å²) in [5.74, 6) is 1.13. The van der Waals surface area contributed by atoms with Gasteiger partial charge >= 0.3 is 0 Å². The molecule has 0 aromatic heterocycles. The van der Waals surface area contributed by atoms with Gasteiger partial charge in [-0.15, -0.1) is 0 Å². The normalized spacial score (nSPS) is 18.2. The third-order valence-electron chi connectivity index (χ3n) is 5.88. The van der Waals surface area contributed by atoms with Gasteiger partial charge in [-0.1, -0.05) is 34.1 Å². The van der Waals surface area contributed by atoms with E-state index in [2.05, 4.69) is 21.2 Å². The number of piperidine rings is 1. The number of hydrogen-bond donors (Lipinski definition) is 1. The largest absolute Gasteiger partial charge is 0.486 e. The summed E-state index contributed by atoms with van der Waals surface area (Å²) in [5.41, 5.74) is 1.68. The number of fused-ring (bicyclic) bond motifs is 1. The van der Waals surface area contributed by atoms with Crippen molar-refractivity contribution in [1.82, 2.24) is 9.62 Å². The van der Waals surface area contributed by atoms with Crippen molar-refractivity contribution in [3.63, 3.8) is 0 Å². The molecule has 0 spiro atoms. The van der Waals surface area contributed by atoms with Crippen LogP contribution in [-0.4, -0.2) is 44.9 Å². The molecular weight excluding hydrogens is 496 g/mol. The average molecular weight is 523 g/mol. The van der Waals surface area contributed by atoms with Crippen LogP contribution in [0.5, 0.6) is 11.5 Å². The zero-order chi connectivity index (χ0) is 22.7. The summed E-state index contributed by atoms with van der Waals surface area (Å²) in [4.78, 5) is 12.8. The number of benzene rings is 2. The standard InChI is InChI=1S/C23H27BrN2O5S/c1-16(19-5-6-21-22(14-19)31-12-11-30-21)25-23(27)18-7-9-26(10-8-18)32(28,29)15-17-3-2-4-20(24)13-17/h2-6,13-14,16,18H,7-12,15H2,1H3,(H,25,27)/t16-/m1/s1. The van der Waals surface area contributed by atoms with Crippen LogP contribution in [0.25, 0.3) is 0 Å². The molecule has 2 aromatic rings. The maximum atomic E-state index is 12.8. The van der Waals surface area contributed by atoms with Crippen LogP contribution in [0.2, 0.25) is 0 Å². The first-order valence-electron chi connectivity index (χ1n) is 10.7. The van der Waals surface area contributed by atoms with Crippen LogP contribution in [0.15, 0.2) is 46.9 Å². The van der Waals surface area contributed by atoms with Crippen LogP contribution in [0.3, 0.4) is 0 Å². The van der Waals surface area contributed by atoms with E-state index in [0.717, 1.165) is 21.3 Å². The van der Waals surface area contributed by atoms with Gasteiger partial charge in [0.2, 0.25) is 15.9 Å². The van der Waals surface area contributed by atoms with E-state index in [4.69, 9.17) is 9.47 Å². The van der Waals surface area contributed by atoms with Gasteiger partial charge in [-0.2, -0.15) is 0 Å². The second-order valence-corrected chi connectivity index (χ2v) is 11.1. The molecule has 4 rings (SSSR count). The zero-order valence-corrected chi connectivity index (χ0v) is 20.3.